The Labute approximate surface area is 156 Å². The number of sulfonamides is 1. The van der Waals surface area contributed by atoms with E-state index in [9.17, 15) is 18.0 Å². The highest BCUT2D eigenvalue weighted by Crippen LogP contribution is 2.19. The molecule has 9 heteroatoms. The number of nitriles is 1. The molecule has 0 atom stereocenters. The van der Waals surface area contributed by atoms with Crippen LogP contribution in [0.15, 0.2) is 52.3 Å². The molecule has 140 valence electrons. The van der Waals surface area contributed by atoms with E-state index in [1.165, 1.54) is 16.6 Å². The number of benzene rings is 1. The van der Waals surface area contributed by atoms with Gasteiger partial charge in [-0.15, -0.1) is 0 Å². The molecule has 1 saturated heterocycles. The lowest BCUT2D eigenvalue weighted by atomic mass is 10.2. The molecule has 0 aliphatic carbocycles. The lowest BCUT2D eigenvalue weighted by molar-refractivity contribution is -0.116. The van der Waals surface area contributed by atoms with Gasteiger partial charge in [0.2, 0.25) is 15.9 Å². The number of nitrogens with one attached hydrogen (secondary N) is 1. The fraction of sp³-hybridized carbons (Fsp3) is 0.278. The summed E-state index contributed by atoms with van der Waals surface area (Å²) in [7, 11) is -3.67. The maximum Gasteiger partial charge on any atom is 0.251 e. The molecule has 0 spiro atoms. The summed E-state index contributed by atoms with van der Waals surface area (Å²) in [6.45, 7) is 0.601. The predicted molar refractivity (Wildman–Crippen MR) is 98.5 cm³/mol. The molecule has 8 nitrogen and oxygen atoms in total. The molecule has 1 aromatic heterocycles. The third-order valence-corrected chi connectivity index (χ3v) is 6.15. The summed E-state index contributed by atoms with van der Waals surface area (Å²) >= 11 is 0. The van der Waals surface area contributed by atoms with Gasteiger partial charge < -0.3 is 9.88 Å². The Bertz CT molecular complexity index is 1050. The molecule has 1 amide bonds. The van der Waals surface area contributed by atoms with Gasteiger partial charge >= 0.3 is 0 Å². The fourth-order valence-corrected chi connectivity index (χ4v) is 4.38. The van der Waals surface area contributed by atoms with Crippen LogP contribution < -0.4 is 10.9 Å². The molecule has 1 aliphatic heterocycles. The molecule has 0 radical (unpaired) electrons. The van der Waals surface area contributed by atoms with Crippen molar-refractivity contribution in [3.63, 3.8) is 0 Å². The molecule has 1 N–H and O–H groups in total. The zero-order valence-corrected chi connectivity index (χ0v) is 15.3. The Hall–Kier alpha value is -2.96. The van der Waals surface area contributed by atoms with E-state index in [1.807, 2.05) is 6.07 Å². The van der Waals surface area contributed by atoms with Crippen LogP contribution in [0, 0.1) is 11.3 Å². The Kier molecular flexibility index (Phi) is 5.39. The molecule has 27 heavy (non-hydrogen) atoms. The molecule has 1 fully saturated rings. The molecule has 1 aromatic carbocycles. The predicted octanol–water partition coefficient (Wildman–Crippen LogP) is 1.14. The summed E-state index contributed by atoms with van der Waals surface area (Å²) in [5.41, 5.74) is 0.474. The Morgan fingerprint density at radius 2 is 1.78 bits per heavy atom. The molecule has 2 heterocycles. The number of hydrogen-bond donors (Lipinski definition) is 1. The van der Waals surface area contributed by atoms with E-state index in [4.69, 9.17) is 5.26 Å². The van der Waals surface area contributed by atoms with E-state index < -0.39 is 21.5 Å². The molecular formula is C18H18N4O4S. The number of carbonyl (C=O) groups is 1. The first-order chi connectivity index (χ1) is 12.9. The zero-order valence-electron chi connectivity index (χ0n) is 14.5. The third-order valence-electron chi connectivity index (χ3n) is 4.27. The number of hydrogen-bond acceptors (Lipinski definition) is 5. The van der Waals surface area contributed by atoms with Crippen molar-refractivity contribution >= 4 is 21.6 Å². The number of aromatic nitrogens is 1. The Morgan fingerprint density at radius 3 is 2.41 bits per heavy atom. The van der Waals surface area contributed by atoms with Crippen LogP contribution in [0.5, 0.6) is 0 Å². The summed E-state index contributed by atoms with van der Waals surface area (Å²) in [6, 6.07) is 10.7. The van der Waals surface area contributed by atoms with Gasteiger partial charge in [0.15, 0.2) is 0 Å². The van der Waals surface area contributed by atoms with Gasteiger partial charge in [0, 0.05) is 31.0 Å². The summed E-state index contributed by atoms with van der Waals surface area (Å²) in [4.78, 5) is 24.2. The van der Waals surface area contributed by atoms with Gasteiger partial charge in [0.05, 0.1) is 16.5 Å². The monoisotopic (exact) mass is 386 g/mol. The van der Waals surface area contributed by atoms with Crippen LogP contribution in [0.3, 0.4) is 0 Å². The average Bonchev–Trinajstić information content (AvgIpc) is 3.19. The van der Waals surface area contributed by atoms with Crippen molar-refractivity contribution in [1.82, 2.24) is 8.87 Å². The lowest BCUT2D eigenvalue weighted by Gasteiger charge is -2.16. The van der Waals surface area contributed by atoms with Crippen molar-refractivity contribution in [2.24, 2.45) is 0 Å². The van der Waals surface area contributed by atoms with Crippen LogP contribution >= 0.6 is 0 Å². The Balaban J connectivity index is 1.77. The number of pyridine rings is 1. The topological polar surface area (TPSA) is 112 Å². The summed E-state index contributed by atoms with van der Waals surface area (Å²) in [5, 5.41) is 11.4. The SMILES string of the molecule is N#Cc1ccc(NC(=O)Cn2cc(S(=O)(=O)N3CCCC3)ccc2=O)cc1. The third kappa shape index (κ3) is 4.24. The van der Waals surface area contributed by atoms with Crippen LogP contribution in [0.25, 0.3) is 0 Å². The van der Waals surface area contributed by atoms with Crippen molar-refractivity contribution in [2.45, 2.75) is 24.3 Å². The highest BCUT2D eigenvalue weighted by atomic mass is 32.2. The van der Waals surface area contributed by atoms with E-state index in [-0.39, 0.29) is 11.4 Å². The van der Waals surface area contributed by atoms with Gasteiger partial charge in [-0.2, -0.15) is 9.57 Å². The van der Waals surface area contributed by atoms with Gasteiger partial charge in [-0.25, -0.2) is 8.42 Å². The van der Waals surface area contributed by atoms with Crippen molar-refractivity contribution < 1.29 is 13.2 Å². The van der Waals surface area contributed by atoms with Gasteiger partial charge in [-0.05, 0) is 43.2 Å². The minimum absolute atomic E-state index is 0.00447. The molecule has 2 aromatic rings. The number of carbonyl (C=O) groups excluding carboxylic acids is 1. The van der Waals surface area contributed by atoms with Gasteiger partial charge in [-0.1, -0.05) is 0 Å². The largest absolute Gasteiger partial charge is 0.325 e. The van der Waals surface area contributed by atoms with Gasteiger partial charge in [0.1, 0.15) is 6.54 Å². The Morgan fingerprint density at radius 1 is 1.11 bits per heavy atom. The molecule has 0 unspecified atom stereocenters. The smallest absolute Gasteiger partial charge is 0.251 e. The van der Waals surface area contributed by atoms with E-state index in [1.54, 1.807) is 24.3 Å². The highest BCUT2D eigenvalue weighted by molar-refractivity contribution is 7.89. The summed E-state index contributed by atoms with van der Waals surface area (Å²) in [6.07, 6.45) is 2.83. The summed E-state index contributed by atoms with van der Waals surface area (Å²) in [5.74, 6) is -0.475. The number of nitrogens with zero attached hydrogens (tertiary/aromatic N) is 3. The van der Waals surface area contributed by atoms with Crippen LogP contribution in [0.1, 0.15) is 18.4 Å². The number of amides is 1. The first kappa shape index (κ1) is 18.8. The number of anilines is 1. The van der Waals surface area contributed by atoms with Crippen molar-refractivity contribution in [3.05, 3.63) is 58.5 Å². The lowest BCUT2D eigenvalue weighted by Crippen LogP contribution is -2.31. The molecule has 3 rings (SSSR count). The van der Waals surface area contributed by atoms with Crippen molar-refractivity contribution in [2.75, 3.05) is 18.4 Å². The first-order valence-corrected chi connectivity index (χ1v) is 9.85. The van der Waals surface area contributed by atoms with Crippen LogP contribution in [-0.4, -0.2) is 36.3 Å². The van der Waals surface area contributed by atoms with Gasteiger partial charge in [0.25, 0.3) is 5.56 Å². The normalized spacial score (nSPS) is 14.6. The highest BCUT2D eigenvalue weighted by Gasteiger charge is 2.27. The number of rotatable bonds is 5. The average molecular weight is 386 g/mol. The van der Waals surface area contributed by atoms with Crippen molar-refractivity contribution in [3.8, 4) is 6.07 Å². The maximum absolute atomic E-state index is 12.6. The minimum atomic E-state index is -3.67. The zero-order chi connectivity index (χ0) is 19.4. The van der Waals surface area contributed by atoms with Crippen LogP contribution in [0.4, 0.5) is 5.69 Å². The molecule has 0 bridgehead atoms. The van der Waals surface area contributed by atoms with E-state index in [0.717, 1.165) is 23.5 Å². The van der Waals surface area contributed by atoms with Gasteiger partial charge in [-0.3, -0.25) is 9.59 Å². The van der Waals surface area contributed by atoms with Crippen LogP contribution in [0.2, 0.25) is 0 Å². The van der Waals surface area contributed by atoms with E-state index in [2.05, 4.69) is 5.32 Å². The van der Waals surface area contributed by atoms with Crippen LogP contribution in [-0.2, 0) is 21.4 Å². The second-order valence-corrected chi connectivity index (χ2v) is 8.12. The van der Waals surface area contributed by atoms with E-state index in [0.29, 0.717) is 24.3 Å². The quantitative estimate of drug-likeness (QED) is 0.828. The molecular weight excluding hydrogens is 368 g/mol. The first-order valence-electron chi connectivity index (χ1n) is 8.41. The molecule has 1 aliphatic rings. The second-order valence-electron chi connectivity index (χ2n) is 6.18. The second kappa shape index (κ2) is 7.73. The maximum atomic E-state index is 12.6. The molecule has 0 saturated carbocycles. The standard InChI is InChI=1S/C18H18N4O4S/c19-11-14-3-5-15(6-4-14)20-17(23)13-21-12-16(7-8-18(21)24)27(25,26)22-9-1-2-10-22/h3-8,12H,1-2,9-10,13H2,(H,20,23). The summed E-state index contributed by atoms with van der Waals surface area (Å²) < 4.78 is 27.7. The van der Waals surface area contributed by atoms with Crippen molar-refractivity contribution in [1.29, 1.82) is 5.26 Å². The van der Waals surface area contributed by atoms with E-state index >= 15 is 0 Å². The fourth-order valence-electron chi connectivity index (χ4n) is 2.85. The minimum Gasteiger partial charge on any atom is -0.325 e.